The standard InChI is InChI=1S/C16H23NO2/c1-2-13-5-8-15(9-6-13)17-11-3-4-14(12-17)7-10-16(18)19/h5-6,8-9,14H,2-4,7,10-12H2,1H3,(H,18,19). The molecule has 0 spiro atoms. The summed E-state index contributed by atoms with van der Waals surface area (Å²) in [4.78, 5) is 13.0. The highest BCUT2D eigenvalue weighted by atomic mass is 16.4. The number of aryl methyl sites for hydroxylation is 1. The molecule has 1 atom stereocenters. The maximum absolute atomic E-state index is 10.7. The first-order chi connectivity index (χ1) is 9.19. The molecular weight excluding hydrogens is 238 g/mol. The molecule has 1 heterocycles. The van der Waals surface area contributed by atoms with Gasteiger partial charge in [0.15, 0.2) is 0 Å². The fourth-order valence-corrected chi connectivity index (χ4v) is 2.81. The molecule has 0 aromatic heterocycles. The summed E-state index contributed by atoms with van der Waals surface area (Å²) >= 11 is 0. The predicted octanol–water partition coefficient (Wildman–Crippen LogP) is 3.33. The van der Waals surface area contributed by atoms with Crippen molar-refractivity contribution < 1.29 is 9.90 Å². The third-order valence-corrected chi connectivity index (χ3v) is 4.00. The summed E-state index contributed by atoms with van der Waals surface area (Å²) in [5.74, 6) is -0.153. The van der Waals surface area contributed by atoms with Crippen LogP contribution in [0, 0.1) is 5.92 Å². The van der Waals surface area contributed by atoms with Crippen LogP contribution >= 0.6 is 0 Å². The molecule has 2 rings (SSSR count). The van der Waals surface area contributed by atoms with E-state index in [1.165, 1.54) is 17.7 Å². The van der Waals surface area contributed by atoms with Crippen LogP contribution in [-0.4, -0.2) is 24.2 Å². The minimum Gasteiger partial charge on any atom is -0.481 e. The van der Waals surface area contributed by atoms with Gasteiger partial charge < -0.3 is 10.0 Å². The maximum atomic E-state index is 10.7. The molecule has 1 unspecified atom stereocenters. The van der Waals surface area contributed by atoms with Gasteiger partial charge in [-0.05, 0) is 49.3 Å². The summed E-state index contributed by atoms with van der Waals surface area (Å²) in [5, 5.41) is 8.77. The van der Waals surface area contributed by atoms with Gasteiger partial charge in [-0.25, -0.2) is 0 Å². The molecule has 0 radical (unpaired) electrons. The van der Waals surface area contributed by atoms with Gasteiger partial charge in [-0.2, -0.15) is 0 Å². The van der Waals surface area contributed by atoms with Crippen LogP contribution in [0.1, 0.15) is 38.2 Å². The van der Waals surface area contributed by atoms with Gasteiger partial charge in [0.2, 0.25) is 0 Å². The van der Waals surface area contributed by atoms with Gasteiger partial charge in [0.1, 0.15) is 0 Å². The summed E-state index contributed by atoms with van der Waals surface area (Å²) in [6, 6.07) is 8.77. The van der Waals surface area contributed by atoms with E-state index in [1.54, 1.807) is 0 Å². The van der Waals surface area contributed by atoms with Gasteiger partial charge in [-0.1, -0.05) is 19.1 Å². The highest BCUT2D eigenvalue weighted by molar-refractivity contribution is 5.66. The highest BCUT2D eigenvalue weighted by Crippen LogP contribution is 2.26. The number of benzene rings is 1. The van der Waals surface area contributed by atoms with Crippen molar-refractivity contribution in [3.05, 3.63) is 29.8 Å². The molecule has 3 nitrogen and oxygen atoms in total. The van der Waals surface area contributed by atoms with Gasteiger partial charge in [-0.15, -0.1) is 0 Å². The summed E-state index contributed by atoms with van der Waals surface area (Å²) in [5.41, 5.74) is 2.64. The molecule has 1 N–H and O–H groups in total. The first kappa shape index (κ1) is 13.9. The first-order valence-electron chi connectivity index (χ1n) is 7.24. The zero-order valence-electron chi connectivity index (χ0n) is 11.6. The average Bonchev–Trinajstić information content (AvgIpc) is 2.45. The Morgan fingerprint density at radius 3 is 2.74 bits per heavy atom. The Hall–Kier alpha value is -1.51. The number of carboxylic acid groups (broad SMARTS) is 1. The van der Waals surface area contributed by atoms with E-state index < -0.39 is 5.97 Å². The summed E-state index contributed by atoms with van der Waals surface area (Å²) in [7, 11) is 0. The summed E-state index contributed by atoms with van der Waals surface area (Å²) in [6.45, 7) is 4.26. The summed E-state index contributed by atoms with van der Waals surface area (Å²) < 4.78 is 0. The second-order valence-corrected chi connectivity index (χ2v) is 5.41. The van der Waals surface area contributed by atoms with E-state index >= 15 is 0 Å². The molecule has 0 bridgehead atoms. The lowest BCUT2D eigenvalue weighted by molar-refractivity contribution is -0.137. The van der Waals surface area contributed by atoms with Crippen LogP contribution in [-0.2, 0) is 11.2 Å². The number of carbonyl (C=O) groups is 1. The van der Waals surface area contributed by atoms with Crippen molar-refractivity contribution in [3.8, 4) is 0 Å². The van der Waals surface area contributed by atoms with Gasteiger partial charge in [0.05, 0.1) is 0 Å². The molecule has 19 heavy (non-hydrogen) atoms. The molecule has 0 saturated carbocycles. The van der Waals surface area contributed by atoms with Gasteiger partial charge in [-0.3, -0.25) is 4.79 Å². The molecule has 1 aromatic rings. The van der Waals surface area contributed by atoms with Crippen molar-refractivity contribution in [1.29, 1.82) is 0 Å². The summed E-state index contributed by atoms with van der Waals surface area (Å²) in [6.07, 6.45) is 4.50. The zero-order valence-corrected chi connectivity index (χ0v) is 11.6. The van der Waals surface area contributed by atoms with Crippen LogP contribution in [0.4, 0.5) is 5.69 Å². The molecule has 1 aromatic carbocycles. The lowest BCUT2D eigenvalue weighted by Gasteiger charge is -2.34. The van der Waals surface area contributed by atoms with Crippen molar-refractivity contribution >= 4 is 11.7 Å². The van der Waals surface area contributed by atoms with Crippen molar-refractivity contribution in [2.75, 3.05) is 18.0 Å². The Labute approximate surface area is 115 Å². The monoisotopic (exact) mass is 261 g/mol. The minimum atomic E-state index is -0.676. The predicted molar refractivity (Wildman–Crippen MR) is 77.6 cm³/mol. The van der Waals surface area contributed by atoms with Crippen LogP contribution in [0.25, 0.3) is 0 Å². The largest absolute Gasteiger partial charge is 0.481 e. The Balaban J connectivity index is 1.94. The molecule has 104 valence electrons. The molecule has 0 aliphatic carbocycles. The fraction of sp³-hybridized carbons (Fsp3) is 0.562. The van der Waals surface area contributed by atoms with E-state index in [4.69, 9.17) is 5.11 Å². The van der Waals surface area contributed by atoms with E-state index in [0.717, 1.165) is 32.4 Å². The number of anilines is 1. The quantitative estimate of drug-likeness (QED) is 0.883. The van der Waals surface area contributed by atoms with Crippen LogP contribution < -0.4 is 4.90 Å². The van der Waals surface area contributed by atoms with Crippen LogP contribution in [0.15, 0.2) is 24.3 Å². The highest BCUT2D eigenvalue weighted by Gasteiger charge is 2.20. The second-order valence-electron chi connectivity index (χ2n) is 5.41. The SMILES string of the molecule is CCc1ccc(N2CCCC(CCC(=O)O)C2)cc1. The Bertz CT molecular complexity index is 413. The number of aliphatic carboxylic acids is 1. The van der Waals surface area contributed by atoms with Crippen LogP contribution in [0.5, 0.6) is 0 Å². The fourth-order valence-electron chi connectivity index (χ4n) is 2.81. The number of hydrogen-bond donors (Lipinski definition) is 1. The van der Waals surface area contributed by atoms with Crippen LogP contribution in [0.3, 0.4) is 0 Å². The van der Waals surface area contributed by atoms with E-state index in [1.807, 2.05) is 0 Å². The van der Waals surface area contributed by atoms with Crippen LogP contribution in [0.2, 0.25) is 0 Å². The van der Waals surface area contributed by atoms with Gasteiger partial charge >= 0.3 is 5.97 Å². The van der Waals surface area contributed by atoms with Crippen molar-refractivity contribution in [1.82, 2.24) is 0 Å². The molecule has 1 aliphatic heterocycles. The first-order valence-corrected chi connectivity index (χ1v) is 7.24. The number of carboxylic acids is 1. The minimum absolute atomic E-state index is 0.299. The topological polar surface area (TPSA) is 40.5 Å². The third kappa shape index (κ3) is 3.98. The molecule has 1 fully saturated rings. The molecule has 3 heteroatoms. The molecular formula is C16H23NO2. The normalized spacial score (nSPS) is 19.4. The van der Waals surface area contributed by atoms with E-state index in [0.29, 0.717) is 12.3 Å². The van der Waals surface area contributed by atoms with E-state index in [2.05, 4.69) is 36.1 Å². The number of piperidine rings is 1. The zero-order chi connectivity index (χ0) is 13.7. The smallest absolute Gasteiger partial charge is 0.303 e. The lowest BCUT2D eigenvalue weighted by Crippen LogP contribution is -2.35. The Morgan fingerprint density at radius 2 is 2.11 bits per heavy atom. The van der Waals surface area contributed by atoms with Crippen molar-refractivity contribution in [3.63, 3.8) is 0 Å². The van der Waals surface area contributed by atoms with Crippen molar-refractivity contribution in [2.45, 2.75) is 39.0 Å². The molecule has 0 amide bonds. The molecule has 1 aliphatic rings. The number of nitrogens with zero attached hydrogens (tertiary/aromatic N) is 1. The van der Waals surface area contributed by atoms with Crippen molar-refractivity contribution in [2.24, 2.45) is 5.92 Å². The second kappa shape index (κ2) is 6.60. The van der Waals surface area contributed by atoms with E-state index in [-0.39, 0.29) is 0 Å². The average molecular weight is 261 g/mol. The van der Waals surface area contributed by atoms with Gasteiger partial charge in [0.25, 0.3) is 0 Å². The van der Waals surface area contributed by atoms with Gasteiger partial charge in [0, 0.05) is 25.2 Å². The number of rotatable bonds is 5. The van der Waals surface area contributed by atoms with E-state index in [9.17, 15) is 4.79 Å². The maximum Gasteiger partial charge on any atom is 0.303 e. The lowest BCUT2D eigenvalue weighted by atomic mass is 9.93. The molecule has 1 saturated heterocycles. The number of hydrogen-bond acceptors (Lipinski definition) is 2. The third-order valence-electron chi connectivity index (χ3n) is 4.00. The Kier molecular flexibility index (Phi) is 4.83. The Morgan fingerprint density at radius 1 is 1.37 bits per heavy atom.